The van der Waals surface area contributed by atoms with E-state index in [1.165, 1.54) is 45.5 Å². The molecule has 39 heavy (non-hydrogen) atoms. The number of benzene rings is 4. The summed E-state index contributed by atoms with van der Waals surface area (Å²) in [4.78, 5) is 36.0. The van der Waals surface area contributed by atoms with Gasteiger partial charge in [-0.3, -0.25) is 19.7 Å². The summed E-state index contributed by atoms with van der Waals surface area (Å²) in [7, 11) is 4.29. The molecular formula is C27H23N5O7. The van der Waals surface area contributed by atoms with Crippen LogP contribution in [-0.4, -0.2) is 43.1 Å². The lowest BCUT2D eigenvalue weighted by Crippen LogP contribution is -2.17. The minimum Gasteiger partial charge on any atom is -0.505 e. The van der Waals surface area contributed by atoms with Gasteiger partial charge in [0.2, 0.25) is 0 Å². The van der Waals surface area contributed by atoms with Gasteiger partial charge in [0, 0.05) is 30.1 Å². The summed E-state index contributed by atoms with van der Waals surface area (Å²) in [6, 6.07) is 16.7. The van der Waals surface area contributed by atoms with Crippen LogP contribution in [-0.2, 0) is 0 Å². The highest BCUT2D eigenvalue weighted by Crippen LogP contribution is 2.41. The number of nitrogens with zero attached hydrogens (tertiary/aromatic N) is 3. The number of carbonyl (C=O) groups is 2. The van der Waals surface area contributed by atoms with E-state index in [4.69, 9.17) is 9.47 Å². The standard InChI is InChI=1S/C27H23N5O7/c1-28-26(34)16-8-10-23(39-3)21(13-16)30-31-24-18-7-5-4-6-15(18)12-19(25(24)33)27(35)29-20-14-17(32(36)37)9-11-22(20)38-2/h4-14,33H,1-3H3,(H,28,34)(H,29,35)/b31-30+. The molecule has 3 N–H and O–H groups in total. The van der Waals surface area contributed by atoms with Crippen molar-refractivity contribution in [2.45, 2.75) is 0 Å². The average Bonchev–Trinajstić information content (AvgIpc) is 2.95. The first-order chi connectivity index (χ1) is 18.8. The van der Waals surface area contributed by atoms with Crippen molar-refractivity contribution >= 4 is 45.3 Å². The quantitative estimate of drug-likeness (QED) is 0.154. The van der Waals surface area contributed by atoms with Crippen LogP contribution in [0, 0.1) is 10.1 Å². The zero-order chi connectivity index (χ0) is 28.1. The minimum absolute atomic E-state index is 0.00310. The second-order valence-electron chi connectivity index (χ2n) is 8.10. The number of azo groups is 1. The van der Waals surface area contributed by atoms with Gasteiger partial charge in [-0.2, -0.15) is 0 Å². The van der Waals surface area contributed by atoms with Crippen molar-refractivity contribution in [1.29, 1.82) is 0 Å². The molecule has 0 saturated heterocycles. The van der Waals surface area contributed by atoms with E-state index in [9.17, 15) is 24.8 Å². The van der Waals surface area contributed by atoms with E-state index >= 15 is 0 Å². The molecule has 0 aromatic heterocycles. The van der Waals surface area contributed by atoms with Crippen LogP contribution in [0.25, 0.3) is 10.8 Å². The molecule has 0 spiro atoms. The molecule has 198 valence electrons. The zero-order valence-electron chi connectivity index (χ0n) is 21.1. The normalized spacial score (nSPS) is 10.8. The number of rotatable bonds is 8. The van der Waals surface area contributed by atoms with E-state index in [2.05, 4.69) is 20.9 Å². The zero-order valence-corrected chi connectivity index (χ0v) is 21.1. The molecule has 0 bridgehead atoms. The molecule has 0 aliphatic rings. The van der Waals surface area contributed by atoms with Gasteiger partial charge in [0.05, 0.1) is 30.4 Å². The van der Waals surface area contributed by atoms with Crippen LogP contribution < -0.4 is 20.1 Å². The molecule has 2 amide bonds. The number of hydrogen-bond acceptors (Lipinski definition) is 9. The number of ether oxygens (including phenoxy) is 2. The Balaban J connectivity index is 1.80. The maximum atomic E-state index is 13.3. The predicted octanol–water partition coefficient (Wildman–Crippen LogP) is 5.50. The molecule has 4 aromatic rings. The highest BCUT2D eigenvalue weighted by molar-refractivity contribution is 6.12. The number of methoxy groups -OCH3 is 2. The van der Waals surface area contributed by atoms with Gasteiger partial charge < -0.3 is 25.2 Å². The molecule has 0 heterocycles. The Morgan fingerprint density at radius 1 is 0.923 bits per heavy atom. The van der Waals surface area contributed by atoms with Gasteiger partial charge >= 0.3 is 0 Å². The Morgan fingerprint density at radius 3 is 2.33 bits per heavy atom. The monoisotopic (exact) mass is 529 g/mol. The minimum atomic E-state index is -0.757. The third-order valence-corrected chi connectivity index (χ3v) is 5.81. The van der Waals surface area contributed by atoms with Crippen molar-refractivity contribution in [2.75, 3.05) is 26.6 Å². The topological polar surface area (TPSA) is 165 Å². The number of amides is 2. The van der Waals surface area contributed by atoms with Crippen molar-refractivity contribution in [1.82, 2.24) is 5.32 Å². The molecule has 0 radical (unpaired) electrons. The highest BCUT2D eigenvalue weighted by atomic mass is 16.6. The molecule has 0 atom stereocenters. The van der Waals surface area contributed by atoms with Crippen LogP contribution in [0.15, 0.2) is 77.0 Å². The summed E-state index contributed by atoms with van der Waals surface area (Å²) in [6.07, 6.45) is 0. The van der Waals surface area contributed by atoms with Gasteiger partial charge in [0.1, 0.15) is 22.9 Å². The predicted molar refractivity (Wildman–Crippen MR) is 144 cm³/mol. The van der Waals surface area contributed by atoms with Crippen molar-refractivity contribution in [3.63, 3.8) is 0 Å². The molecule has 12 nitrogen and oxygen atoms in total. The van der Waals surface area contributed by atoms with Crippen molar-refractivity contribution in [2.24, 2.45) is 10.2 Å². The van der Waals surface area contributed by atoms with E-state index in [1.807, 2.05) is 0 Å². The first-order valence-electron chi connectivity index (χ1n) is 11.5. The van der Waals surface area contributed by atoms with Gasteiger partial charge in [-0.05, 0) is 35.7 Å². The Hall–Kier alpha value is -5.52. The number of carbonyl (C=O) groups excluding carboxylic acids is 2. The number of nitro groups is 1. The molecule has 12 heteroatoms. The second kappa shape index (κ2) is 11.3. The molecule has 0 fully saturated rings. The molecule has 4 aromatic carbocycles. The van der Waals surface area contributed by atoms with E-state index < -0.39 is 16.6 Å². The van der Waals surface area contributed by atoms with Gasteiger partial charge in [0.15, 0.2) is 5.75 Å². The molecule has 0 aliphatic carbocycles. The number of anilines is 1. The van der Waals surface area contributed by atoms with E-state index in [0.29, 0.717) is 22.1 Å². The number of hydrogen-bond donors (Lipinski definition) is 3. The van der Waals surface area contributed by atoms with Crippen LogP contribution in [0.5, 0.6) is 17.2 Å². The van der Waals surface area contributed by atoms with Crippen LogP contribution in [0.4, 0.5) is 22.7 Å². The smallest absolute Gasteiger partial charge is 0.271 e. The molecule has 0 aliphatic heterocycles. The Bertz CT molecular complexity index is 1630. The SMILES string of the molecule is CNC(=O)c1ccc(OC)c(/N=N/c2c(O)c(C(=O)Nc3cc([N+](=O)[O-])ccc3OC)cc3ccccc23)c1. The third kappa shape index (κ3) is 5.44. The van der Waals surface area contributed by atoms with E-state index in [1.54, 1.807) is 36.4 Å². The number of non-ortho nitro benzene ring substituents is 1. The first-order valence-corrected chi connectivity index (χ1v) is 11.5. The lowest BCUT2D eigenvalue weighted by Gasteiger charge is -2.13. The molecular weight excluding hydrogens is 506 g/mol. The number of phenolic OH excluding ortho intramolecular Hbond substituents is 1. The fourth-order valence-electron chi connectivity index (χ4n) is 3.85. The average molecular weight is 530 g/mol. The number of aromatic hydroxyl groups is 1. The number of phenols is 1. The Morgan fingerprint density at radius 2 is 1.64 bits per heavy atom. The van der Waals surface area contributed by atoms with Crippen molar-refractivity contribution in [3.05, 3.63) is 88.0 Å². The number of fused-ring (bicyclic) bond motifs is 1. The summed E-state index contributed by atoms with van der Waals surface area (Å²) in [6.45, 7) is 0. The summed E-state index contributed by atoms with van der Waals surface area (Å²) >= 11 is 0. The van der Waals surface area contributed by atoms with Gasteiger partial charge in [-0.15, -0.1) is 10.2 Å². The summed E-state index contributed by atoms with van der Waals surface area (Å²) in [5.41, 5.74) is 0.178. The first kappa shape index (κ1) is 26.5. The fraction of sp³-hybridized carbons (Fsp3) is 0.111. The molecule has 0 saturated carbocycles. The highest BCUT2D eigenvalue weighted by Gasteiger charge is 2.21. The molecule has 4 rings (SSSR count). The lowest BCUT2D eigenvalue weighted by molar-refractivity contribution is -0.384. The largest absolute Gasteiger partial charge is 0.505 e. The van der Waals surface area contributed by atoms with Crippen molar-refractivity contribution in [3.8, 4) is 17.2 Å². The van der Waals surface area contributed by atoms with Crippen LogP contribution in [0.1, 0.15) is 20.7 Å². The molecule has 0 unspecified atom stereocenters. The number of nitrogens with one attached hydrogen (secondary N) is 2. The van der Waals surface area contributed by atoms with Gasteiger partial charge in [-0.25, -0.2) is 0 Å². The maximum Gasteiger partial charge on any atom is 0.271 e. The van der Waals surface area contributed by atoms with E-state index in [0.717, 1.165) is 6.07 Å². The Kier molecular flexibility index (Phi) is 7.66. The van der Waals surface area contributed by atoms with Crippen LogP contribution >= 0.6 is 0 Å². The lowest BCUT2D eigenvalue weighted by atomic mass is 10.0. The second-order valence-corrected chi connectivity index (χ2v) is 8.10. The van der Waals surface area contributed by atoms with Gasteiger partial charge in [0.25, 0.3) is 17.5 Å². The Labute approximate surface area is 222 Å². The fourth-order valence-corrected chi connectivity index (χ4v) is 3.85. The van der Waals surface area contributed by atoms with Crippen molar-refractivity contribution < 1.29 is 29.1 Å². The van der Waals surface area contributed by atoms with Crippen LogP contribution in [0.2, 0.25) is 0 Å². The van der Waals surface area contributed by atoms with E-state index in [-0.39, 0.29) is 40.0 Å². The van der Waals surface area contributed by atoms with Gasteiger partial charge in [-0.1, -0.05) is 24.3 Å². The number of nitro benzene ring substituents is 1. The third-order valence-electron chi connectivity index (χ3n) is 5.81. The summed E-state index contributed by atoms with van der Waals surface area (Å²) in [5.74, 6) is -1.04. The summed E-state index contributed by atoms with van der Waals surface area (Å²) in [5, 5.41) is 37.0. The van der Waals surface area contributed by atoms with Crippen LogP contribution in [0.3, 0.4) is 0 Å². The summed E-state index contributed by atoms with van der Waals surface area (Å²) < 4.78 is 10.5. The maximum absolute atomic E-state index is 13.3.